The van der Waals surface area contributed by atoms with E-state index >= 15 is 0 Å². The number of hydrogen-bond acceptors (Lipinski definition) is 8. The van der Waals surface area contributed by atoms with Crippen LogP contribution in [0.2, 0.25) is 0 Å². The van der Waals surface area contributed by atoms with Gasteiger partial charge in [0.2, 0.25) is 11.6 Å². The Morgan fingerprint density at radius 2 is 1.92 bits per heavy atom. The fourth-order valence-electron chi connectivity index (χ4n) is 2.10. The van der Waals surface area contributed by atoms with E-state index in [0.717, 1.165) is 12.8 Å². The average Bonchev–Trinajstić information content (AvgIpc) is 2.62. The Bertz CT molecular complexity index is 749. The number of ether oxygens (including phenoxy) is 1. The minimum Gasteiger partial charge on any atom is -0.465 e. The van der Waals surface area contributed by atoms with Gasteiger partial charge in [0.1, 0.15) is 6.33 Å². The molecule has 0 fully saturated rings. The molecule has 0 saturated carbocycles. The lowest BCUT2D eigenvalue weighted by molar-refractivity contribution is -0.383. The van der Waals surface area contributed by atoms with Gasteiger partial charge in [-0.05, 0) is 30.7 Å². The molecule has 0 spiro atoms. The summed E-state index contributed by atoms with van der Waals surface area (Å²) in [5.41, 5.74) is 0.705. The van der Waals surface area contributed by atoms with Gasteiger partial charge in [-0.1, -0.05) is 13.3 Å². The highest BCUT2D eigenvalue weighted by Gasteiger charge is 2.22. The largest absolute Gasteiger partial charge is 0.465 e. The number of carbonyl (C=O) groups is 1. The summed E-state index contributed by atoms with van der Waals surface area (Å²) in [4.78, 5) is 30.3. The summed E-state index contributed by atoms with van der Waals surface area (Å²) in [5.74, 6) is -0.214. The Balaban J connectivity index is 2.24. The molecule has 9 nitrogen and oxygen atoms in total. The third kappa shape index (κ3) is 4.63. The first-order valence-electron chi connectivity index (χ1n) is 7.75. The van der Waals surface area contributed by atoms with E-state index in [0.29, 0.717) is 17.8 Å². The zero-order chi connectivity index (χ0) is 18.2. The van der Waals surface area contributed by atoms with Crippen molar-refractivity contribution in [3.05, 3.63) is 46.3 Å². The molecule has 0 bridgehead atoms. The molecule has 1 aromatic carbocycles. The van der Waals surface area contributed by atoms with Crippen molar-refractivity contribution in [1.29, 1.82) is 0 Å². The lowest BCUT2D eigenvalue weighted by atomic mass is 10.2. The molecule has 0 aliphatic rings. The quantitative estimate of drug-likeness (QED) is 0.324. The van der Waals surface area contributed by atoms with Crippen LogP contribution >= 0.6 is 0 Å². The normalized spacial score (nSPS) is 10.2. The smallest absolute Gasteiger partial charge is 0.353 e. The van der Waals surface area contributed by atoms with Crippen molar-refractivity contribution >= 4 is 29.0 Å². The lowest BCUT2D eigenvalue weighted by Gasteiger charge is -2.10. The SMILES string of the molecule is CCCCNc1ncnc(Nc2ccc(C(=O)OC)cc2)c1[N+](=O)[O-]. The van der Waals surface area contributed by atoms with Gasteiger partial charge in [0.05, 0.1) is 17.6 Å². The van der Waals surface area contributed by atoms with Crippen LogP contribution in [0, 0.1) is 10.1 Å². The first kappa shape index (κ1) is 18.1. The first-order chi connectivity index (χ1) is 12.1. The molecule has 2 N–H and O–H groups in total. The number of esters is 1. The van der Waals surface area contributed by atoms with Crippen molar-refractivity contribution in [3.63, 3.8) is 0 Å². The highest BCUT2D eigenvalue weighted by Crippen LogP contribution is 2.31. The summed E-state index contributed by atoms with van der Waals surface area (Å²) in [7, 11) is 1.30. The van der Waals surface area contributed by atoms with Gasteiger partial charge in [-0.2, -0.15) is 0 Å². The summed E-state index contributed by atoms with van der Waals surface area (Å²) in [6, 6.07) is 6.34. The molecule has 0 aliphatic carbocycles. The number of aromatic nitrogens is 2. The van der Waals surface area contributed by atoms with Crippen LogP contribution in [0.1, 0.15) is 30.1 Å². The molecular weight excluding hydrogens is 326 g/mol. The van der Waals surface area contributed by atoms with Crippen LogP contribution in [0.15, 0.2) is 30.6 Å². The van der Waals surface area contributed by atoms with Crippen LogP contribution in [-0.2, 0) is 4.74 Å². The van der Waals surface area contributed by atoms with Gasteiger partial charge >= 0.3 is 11.7 Å². The van der Waals surface area contributed by atoms with Crippen molar-refractivity contribution in [1.82, 2.24) is 9.97 Å². The molecular formula is C16H19N5O4. The summed E-state index contributed by atoms with van der Waals surface area (Å²) in [6.07, 6.45) is 3.09. The Kier molecular flexibility index (Phi) is 6.21. The fourth-order valence-corrected chi connectivity index (χ4v) is 2.10. The van der Waals surface area contributed by atoms with E-state index in [2.05, 4.69) is 25.3 Å². The van der Waals surface area contributed by atoms with Crippen LogP contribution in [0.25, 0.3) is 0 Å². The fraction of sp³-hybridized carbons (Fsp3) is 0.312. The second-order valence-electron chi connectivity index (χ2n) is 5.15. The summed E-state index contributed by atoms with van der Waals surface area (Å²) in [6.45, 7) is 2.61. The topological polar surface area (TPSA) is 119 Å². The van der Waals surface area contributed by atoms with E-state index in [-0.39, 0.29) is 17.3 Å². The maximum absolute atomic E-state index is 11.4. The monoisotopic (exact) mass is 345 g/mol. The number of rotatable bonds is 8. The summed E-state index contributed by atoms with van der Waals surface area (Å²) >= 11 is 0. The van der Waals surface area contributed by atoms with Crippen molar-refractivity contribution < 1.29 is 14.5 Å². The molecule has 0 unspecified atom stereocenters. The molecule has 0 aliphatic heterocycles. The molecule has 0 saturated heterocycles. The van der Waals surface area contributed by atoms with Crippen LogP contribution in [0.4, 0.5) is 23.0 Å². The van der Waals surface area contributed by atoms with Crippen molar-refractivity contribution in [2.45, 2.75) is 19.8 Å². The molecule has 2 aromatic rings. The predicted octanol–water partition coefficient (Wildman–Crippen LogP) is 3.13. The standard InChI is InChI=1S/C16H19N5O4/c1-3-4-9-17-14-13(21(23)24)15(19-10-18-14)20-12-7-5-11(6-8-12)16(22)25-2/h5-8,10H,3-4,9H2,1-2H3,(H2,17,18,19,20). The molecule has 0 atom stereocenters. The molecule has 1 heterocycles. The highest BCUT2D eigenvalue weighted by atomic mass is 16.6. The van der Waals surface area contributed by atoms with Crippen LogP contribution in [-0.4, -0.2) is 34.5 Å². The van der Waals surface area contributed by atoms with E-state index in [9.17, 15) is 14.9 Å². The second kappa shape index (κ2) is 8.57. The van der Waals surface area contributed by atoms with Gasteiger partial charge < -0.3 is 15.4 Å². The van der Waals surface area contributed by atoms with Crippen LogP contribution in [0.3, 0.4) is 0 Å². The Morgan fingerprint density at radius 1 is 1.24 bits per heavy atom. The Labute approximate surface area is 144 Å². The first-order valence-corrected chi connectivity index (χ1v) is 7.75. The molecule has 2 rings (SSSR count). The maximum atomic E-state index is 11.4. The molecule has 25 heavy (non-hydrogen) atoms. The molecule has 132 valence electrons. The highest BCUT2D eigenvalue weighted by molar-refractivity contribution is 5.89. The molecule has 0 amide bonds. The van der Waals surface area contributed by atoms with Gasteiger partial charge in [0.15, 0.2) is 0 Å². The third-order valence-corrected chi connectivity index (χ3v) is 3.40. The van der Waals surface area contributed by atoms with Crippen molar-refractivity contribution in [3.8, 4) is 0 Å². The average molecular weight is 345 g/mol. The van der Waals surface area contributed by atoms with Crippen molar-refractivity contribution in [2.75, 3.05) is 24.3 Å². The van der Waals surface area contributed by atoms with E-state index < -0.39 is 10.9 Å². The van der Waals surface area contributed by atoms with E-state index in [1.165, 1.54) is 13.4 Å². The number of anilines is 3. The van der Waals surface area contributed by atoms with E-state index in [1.54, 1.807) is 24.3 Å². The summed E-state index contributed by atoms with van der Waals surface area (Å²) in [5, 5.41) is 17.3. The number of methoxy groups -OCH3 is 1. The van der Waals surface area contributed by atoms with Crippen molar-refractivity contribution in [2.24, 2.45) is 0 Å². The minimum absolute atomic E-state index is 0.0739. The zero-order valence-electron chi connectivity index (χ0n) is 14.0. The maximum Gasteiger partial charge on any atom is 0.353 e. The number of nitrogens with zero attached hydrogens (tertiary/aromatic N) is 3. The lowest BCUT2D eigenvalue weighted by Crippen LogP contribution is -2.09. The summed E-state index contributed by atoms with van der Waals surface area (Å²) < 4.78 is 4.63. The van der Waals surface area contributed by atoms with Crippen LogP contribution in [0.5, 0.6) is 0 Å². The van der Waals surface area contributed by atoms with Gasteiger partial charge in [0, 0.05) is 12.2 Å². The molecule has 1 aromatic heterocycles. The van der Waals surface area contributed by atoms with Gasteiger partial charge in [-0.15, -0.1) is 0 Å². The number of nitro groups is 1. The second-order valence-corrected chi connectivity index (χ2v) is 5.15. The number of nitrogens with one attached hydrogen (secondary N) is 2. The molecule has 9 heteroatoms. The zero-order valence-corrected chi connectivity index (χ0v) is 14.0. The van der Waals surface area contributed by atoms with Gasteiger partial charge in [-0.3, -0.25) is 10.1 Å². The van der Waals surface area contributed by atoms with Gasteiger partial charge in [0.25, 0.3) is 0 Å². The van der Waals surface area contributed by atoms with E-state index in [1.807, 2.05) is 6.92 Å². The minimum atomic E-state index is -0.528. The van der Waals surface area contributed by atoms with E-state index in [4.69, 9.17) is 0 Å². The molecule has 0 radical (unpaired) electrons. The predicted molar refractivity (Wildman–Crippen MR) is 93.1 cm³/mol. The Morgan fingerprint density at radius 3 is 2.52 bits per heavy atom. The Hall–Kier alpha value is -3.23. The van der Waals surface area contributed by atoms with Crippen LogP contribution < -0.4 is 10.6 Å². The van der Waals surface area contributed by atoms with Gasteiger partial charge in [-0.25, -0.2) is 14.8 Å². The number of carbonyl (C=O) groups excluding carboxylic acids is 1. The number of unbranched alkanes of at least 4 members (excludes halogenated alkanes) is 1. The number of benzene rings is 1. The number of hydrogen-bond donors (Lipinski definition) is 2. The third-order valence-electron chi connectivity index (χ3n) is 3.40.